The topological polar surface area (TPSA) is 71.2 Å². The fraction of sp³-hybridized carbons (Fsp3) is 0.692. The molecule has 1 fully saturated rings. The van der Waals surface area contributed by atoms with Gasteiger partial charge in [0.25, 0.3) is 5.91 Å². The highest BCUT2D eigenvalue weighted by atomic mass is 32.1. The number of carbonyl (C=O) groups is 1. The lowest BCUT2D eigenvalue weighted by Gasteiger charge is -2.11. The number of amides is 1. The maximum atomic E-state index is 12.1. The zero-order chi connectivity index (χ0) is 13.8. The summed E-state index contributed by atoms with van der Waals surface area (Å²) in [6.45, 7) is 3.64. The molecule has 0 unspecified atom stereocenters. The Morgan fingerprint density at radius 2 is 2.21 bits per heavy atom. The molecule has 19 heavy (non-hydrogen) atoms. The second-order valence-electron chi connectivity index (χ2n) is 5.09. The molecule has 0 atom stereocenters. The van der Waals surface area contributed by atoms with Crippen molar-refractivity contribution in [3.8, 4) is 0 Å². The molecule has 0 spiro atoms. The standard InChI is InChI=1S/C13H22N4OS/c1-3-17(2)13-16-11(14)10(19-13)12(18)15-8-9-6-4-5-7-9/h9H,3-8,14H2,1-2H3,(H,15,18). The van der Waals surface area contributed by atoms with Crippen molar-refractivity contribution in [1.29, 1.82) is 0 Å². The second-order valence-corrected chi connectivity index (χ2v) is 6.06. The molecule has 1 aliphatic carbocycles. The number of thiazole rings is 1. The van der Waals surface area contributed by atoms with Gasteiger partial charge in [0.2, 0.25) is 0 Å². The van der Waals surface area contributed by atoms with E-state index in [2.05, 4.69) is 10.3 Å². The molecule has 2 rings (SSSR count). The van der Waals surface area contributed by atoms with E-state index in [1.807, 2.05) is 18.9 Å². The number of hydrogen-bond donors (Lipinski definition) is 2. The van der Waals surface area contributed by atoms with Crippen LogP contribution in [0.15, 0.2) is 0 Å². The Morgan fingerprint density at radius 3 is 2.84 bits per heavy atom. The first-order valence-electron chi connectivity index (χ1n) is 6.87. The molecule has 1 heterocycles. The van der Waals surface area contributed by atoms with Gasteiger partial charge in [0.05, 0.1) is 0 Å². The first-order valence-corrected chi connectivity index (χ1v) is 7.69. The largest absolute Gasteiger partial charge is 0.382 e. The Labute approximate surface area is 118 Å². The van der Waals surface area contributed by atoms with E-state index in [1.165, 1.54) is 37.0 Å². The highest BCUT2D eigenvalue weighted by Crippen LogP contribution is 2.28. The van der Waals surface area contributed by atoms with Crippen molar-refractivity contribution in [3.63, 3.8) is 0 Å². The van der Waals surface area contributed by atoms with Gasteiger partial charge < -0.3 is 16.0 Å². The van der Waals surface area contributed by atoms with Gasteiger partial charge in [0, 0.05) is 20.1 Å². The molecule has 0 aliphatic heterocycles. The van der Waals surface area contributed by atoms with Gasteiger partial charge in [-0.05, 0) is 25.7 Å². The van der Waals surface area contributed by atoms with Gasteiger partial charge in [-0.15, -0.1) is 0 Å². The molecular weight excluding hydrogens is 260 g/mol. The van der Waals surface area contributed by atoms with E-state index < -0.39 is 0 Å². The number of aromatic nitrogens is 1. The summed E-state index contributed by atoms with van der Waals surface area (Å²) < 4.78 is 0. The second kappa shape index (κ2) is 6.23. The maximum absolute atomic E-state index is 12.1. The minimum atomic E-state index is -0.0855. The van der Waals surface area contributed by atoms with Gasteiger partial charge in [-0.25, -0.2) is 4.98 Å². The Balaban J connectivity index is 1.96. The van der Waals surface area contributed by atoms with Gasteiger partial charge >= 0.3 is 0 Å². The normalized spacial score (nSPS) is 15.7. The molecule has 3 N–H and O–H groups in total. The van der Waals surface area contributed by atoms with Crippen LogP contribution in [0.2, 0.25) is 0 Å². The zero-order valence-electron chi connectivity index (χ0n) is 11.6. The predicted molar refractivity (Wildman–Crippen MR) is 79.8 cm³/mol. The summed E-state index contributed by atoms with van der Waals surface area (Å²) in [6.07, 6.45) is 5.02. The van der Waals surface area contributed by atoms with Crippen molar-refractivity contribution in [3.05, 3.63) is 4.88 Å². The third-order valence-electron chi connectivity index (χ3n) is 3.68. The summed E-state index contributed by atoms with van der Waals surface area (Å²) in [7, 11) is 1.94. The predicted octanol–water partition coefficient (Wildman–Crippen LogP) is 2.10. The number of hydrogen-bond acceptors (Lipinski definition) is 5. The Morgan fingerprint density at radius 1 is 1.53 bits per heavy atom. The fourth-order valence-corrected chi connectivity index (χ4v) is 3.24. The van der Waals surface area contributed by atoms with Crippen LogP contribution in [0.1, 0.15) is 42.3 Å². The van der Waals surface area contributed by atoms with Crippen LogP contribution in [-0.2, 0) is 0 Å². The first kappa shape index (κ1) is 14.1. The fourth-order valence-electron chi connectivity index (χ4n) is 2.31. The van der Waals surface area contributed by atoms with Crippen LogP contribution in [0.4, 0.5) is 10.9 Å². The van der Waals surface area contributed by atoms with Crippen molar-refractivity contribution >= 4 is 28.2 Å². The van der Waals surface area contributed by atoms with Crippen LogP contribution in [0.3, 0.4) is 0 Å². The molecule has 1 aromatic rings. The van der Waals surface area contributed by atoms with Crippen LogP contribution >= 0.6 is 11.3 Å². The third-order valence-corrected chi connectivity index (χ3v) is 4.86. The summed E-state index contributed by atoms with van der Waals surface area (Å²) in [5, 5.41) is 3.78. The van der Waals surface area contributed by atoms with E-state index in [9.17, 15) is 4.79 Å². The van der Waals surface area contributed by atoms with Gasteiger partial charge in [0.1, 0.15) is 10.7 Å². The van der Waals surface area contributed by atoms with Crippen molar-refractivity contribution in [2.24, 2.45) is 5.92 Å². The average molecular weight is 282 g/mol. The molecule has 0 saturated heterocycles. The lowest BCUT2D eigenvalue weighted by Crippen LogP contribution is -2.28. The quantitative estimate of drug-likeness (QED) is 0.867. The highest BCUT2D eigenvalue weighted by molar-refractivity contribution is 7.18. The molecule has 6 heteroatoms. The van der Waals surface area contributed by atoms with Gasteiger partial charge in [0.15, 0.2) is 5.13 Å². The van der Waals surface area contributed by atoms with Crippen LogP contribution < -0.4 is 16.0 Å². The van der Waals surface area contributed by atoms with Crippen LogP contribution in [-0.4, -0.2) is 31.0 Å². The molecule has 1 aliphatic rings. The van der Waals surface area contributed by atoms with Gasteiger partial charge in [-0.1, -0.05) is 24.2 Å². The number of anilines is 2. The van der Waals surface area contributed by atoms with E-state index >= 15 is 0 Å². The minimum absolute atomic E-state index is 0.0855. The number of nitrogen functional groups attached to an aromatic ring is 1. The molecule has 1 aromatic heterocycles. The monoisotopic (exact) mass is 282 g/mol. The smallest absolute Gasteiger partial charge is 0.265 e. The molecule has 0 radical (unpaired) electrons. The molecule has 0 aromatic carbocycles. The third kappa shape index (κ3) is 3.37. The summed E-state index contributed by atoms with van der Waals surface area (Å²) in [5.74, 6) is 0.887. The lowest BCUT2D eigenvalue weighted by molar-refractivity contribution is 0.0952. The summed E-state index contributed by atoms with van der Waals surface area (Å²) in [6, 6.07) is 0. The summed E-state index contributed by atoms with van der Waals surface area (Å²) in [5.41, 5.74) is 5.83. The molecule has 1 saturated carbocycles. The zero-order valence-corrected chi connectivity index (χ0v) is 12.4. The Hall–Kier alpha value is -1.30. The summed E-state index contributed by atoms with van der Waals surface area (Å²) >= 11 is 1.36. The Kier molecular flexibility index (Phi) is 4.63. The molecule has 106 valence electrons. The number of nitrogens with zero attached hydrogens (tertiary/aromatic N) is 2. The van der Waals surface area contributed by atoms with Crippen molar-refractivity contribution in [2.75, 3.05) is 30.8 Å². The van der Waals surface area contributed by atoms with E-state index in [0.29, 0.717) is 16.6 Å². The van der Waals surface area contributed by atoms with E-state index in [-0.39, 0.29) is 5.91 Å². The number of rotatable bonds is 5. The molecular formula is C13H22N4OS. The first-order chi connectivity index (χ1) is 9.11. The summed E-state index contributed by atoms with van der Waals surface area (Å²) in [4.78, 5) is 18.9. The highest BCUT2D eigenvalue weighted by Gasteiger charge is 2.20. The van der Waals surface area contributed by atoms with E-state index in [4.69, 9.17) is 5.73 Å². The maximum Gasteiger partial charge on any atom is 0.265 e. The van der Waals surface area contributed by atoms with Crippen molar-refractivity contribution < 1.29 is 4.79 Å². The van der Waals surface area contributed by atoms with Crippen LogP contribution in [0, 0.1) is 5.92 Å². The molecule has 0 bridgehead atoms. The van der Waals surface area contributed by atoms with Gasteiger partial charge in [-0.2, -0.15) is 0 Å². The van der Waals surface area contributed by atoms with Crippen molar-refractivity contribution in [1.82, 2.24) is 10.3 Å². The minimum Gasteiger partial charge on any atom is -0.382 e. The number of carbonyl (C=O) groups excluding carboxylic acids is 1. The lowest BCUT2D eigenvalue weighted by atomic mass is 10.1. The van der Waals surface area contributed by atoms with Crippen LogP contribution in [0.25, 0.3) is 0 Å². The SMILES string of the molecule is CCN(C)c1nc(N)c(C(=O)NCC2CCCC2)s1. The van der Waals surface area contributed by atoms with Gasteiger partial charge in [-0.3, -0.25) is 4.79 Å². The average Bonchev–Trinajstić information content (AvgIpc) is 3.04. The van der Waals surface area contributed by atoms with E-state index in [0.717, 1.165) is 18.2 Å². The number of nitrogens with one attached hydrogen (secondary N) is 1. The van der Waals surface area contributed by atoms with E-state index in [1.54, 1.807) is 0 Å². The molecule has 1 amide bonds. The number of nitrogens with two attached hydrogens (primary N) is 1. The Bertz CT molecular complexity index is 440. The van der Waals surface area contributed by atoms with Crippen molar-refractivity contribution in [2.45, 2.75) is 32.6 Å². The molecule has 5 nitrogen and oxygen atoms in total. The van der Waals surface area contributed by atoms with Crippen LogP contribution in [0.5, 0.6) is 0 Å².